The van der Waals surface area contributed by atoms with E-state index in [0.29, 0.717) is 11.5 Å². The molecule has 3 rings (SSSR count). The molecule has 8 heteroatoms. The third kappa shape index (κ3) is 3.48. The SMILES string of the molecule is COc1ccc(OC)c(/C=C/C(=O)Nc2nc3sc(C)c(C)n3n2)c1. The first-order valence-electron chi connectivity index (χ1n) is 7.55. The monoisotopic (exact) mass is 358 g/mol. The standard InChI is InChI=1S/C17H18N4O3S/c1-10-11(2)25-17-19-16(20-21(10)17)18-15(22)8-5-12-9-13(23-3)6-7-14(12)24-4/h5-9H,1-4H3,(H,18,20,22)/b8-5+. The number of ether oxygens (including phenoxy) is 2. The van der Waals surface area contributed by atoms with Crippen molar-refractivity contribution >= 4 is 34.2 Å². The van der Waals surface area contributed by atoms with Crippen LogP contribution in [0.2, 0.25) is 0 Å². The first-order valence-corrected chi connectivity index (χ1v) is 8.37. The van der Waals surface area contributed by atoms with E-state index in [1.54, 1.807) is 43.0 Å². The quantitative estimate of drug-likeness (QED) is 0.709. The van der Waals surface area contributed by atoms with Gasteiger partial charge in [0, 0.05) is 16.5 Å². The Hall–Kier alpha value is -2.87. The summed E-state index contributed by atoms with van der Waals surface area (Å²) in [5, 5.41) is 6.96. The van der Waals surface area contributed by atoms with Crippen LogP contribution in [0.3, 0.4) is 0 Å². The summed E-state index contributed by atoms with van der Waals surface area (Å²) in [6.07, 6.45) is 3.06. The fourth-order valence-electron chi connectivity index (χ4n) is 2.28. The molecular formula is C17H18N4O3S. The molecular weight excluding hydrogens is 340 g/mol. The number of nitrogens with zero attached hydrogens (tertiary/aromatic N) is 3. The maximum absolute atomic E-state index is 12.1. The van der Waals surface area contributed by atoms with Crippen molar-refractivity contribution in [2.75, 3.05) is 19.5 Å². The van der Waals surface area contributed by atoms with Gasteiger partial charge in [0.05, 0.1) is 19.9 Å². The van der Waals surface area contributed by atoms with Gasteiger partial charge >= 0.3 is 0 Å². The Balaban J connectivity index is 1.76. The van der Waals surface area contributed by atoms with Gasteiger partial charge in [-0.3, -0.25) is 10.1 Å². The molecule has 0 radical (unpaired) electrons. The van der Waals surface area contributed by atoms with Gasteiger partial charge in [-0.2, -0.15) is 4.98 Å². The van der Waals surface area contributed by atoms with Crippen LogP contribution in [-0.4, -0.2) is 34.7 Å². The maximum atomic E-state index is 12.1. The van der Waals surface area contributed by atoms with Gasteiger partial charge in [-0.1, -0.05) is 11.3 Å². The maximum Gasteiger partial charge on any atom is 0.250 e. The molecule has 3 aromatic rings. The highest BCUT2D eigenvalue weighted by molar-refractivity contribution is 7.17. The van der Waals surface area contributed by atoms with Gasteiger partial charge in [0.15, 0.2) is 0 Å². The summed E-state index contributed by atoms with van der Waals surface area (Å²) in [5.74, 6) is 1.29. The van der Waals surface area contributed by atoms with Gasteiger partial charge in [-0.05, 0) is 38.1 Å². The van der Waals surface area contributed by atoms with Crippen LogP contribution in [0, 0.1) is 13.8 Å². The summed E-state index contributed by atoms with van der Waals surface area (Å²) in [7, 11) is 3.16. The lowest BCUT2D eigenvalue weighted by molar-refractivity contribution is -0.111. The van der Waals surface area contributed by atoms with E-state index in [0.717, 1.165) is 21.1 Å². The Kier molecular flexibility index (Phi) is 4.71. The third-order valence-electron chi connectivity index (χ3n) is 3.74. The molecule has 0 fully saturated rings. The molecule has 1 N–H and O–H groups in total. The molecule has 2 heterocycles. The van der Waals surface area contributed by atoms with Gasteiger partial charge in [0.25, 0.3) is 11.9 Å². The lowest BCUT2D eigenvalue weighted by Gasteiger charge is -2.07. The normalized spacial score (nSPS) is 11.2. The molecule has 0 aliphatic carbocycles. The number of carbonyl (C=O) groups excluding carboxylic acids is 1. The highest BCUT2D eigenvalue weighted by Gasteiger charge is 2.11. The first kappa shape index (κ1) is 17.0. The fraction of sp³-hybridized carbons (Fsp3) is 0.235. The molecule has 2 aromatic heterocycles. The Morgan fingerprint density at radius 2 is 2.08 bits per heavy atom. The minimum Gasteiger partial charge on any atom is -0.497 e. The second kappa shape index (κ2) is 6.94. The Bertz CT molecular complexity index is 958. The van der Waals surface area contributed by atoms with Crippen LogP contribution in [0.4, 0.5) is 5.95 Å². The average molecular weight is 358 g/mol. The number of benzene rings is 1. The molecule has 130 valence electrons. The molecule has 0 spiro atoms. The molecule has 0 saturated carbocycles. The average Bonchev–Trinajstić information content (AvgIpc) is 3.11. The predicted molar refractivity (Wildman–Crippen MR) is 97.5 cm³/mol. The highest BCUT2D eigenvalue weighted by Crippen LogP contribution is 2.25. The number of anilines is 1. The number of hydrogen-bond acceptors (Lipinski definition) is 6. The van der Waals surface area contributed by atoms with Crippen LogP contribution >= 0.6 is 11.3 Å². The van der Waals surface area contributed by atoms with Gasteiger partial charge in [0.2, 0.25) is 4.96 Å². The number of nitrogens with one attached hydrogen (secondary N) is 1. The number of fused-ring (bicyclic) bond motifs is 1. The topological polar surface area (TPSA) is 77.8 Å². The van der Waals surface area contributed by atoms with Crippen molar-refractivity contribution in [3.8, 4) is 11.5 Å². The molecule has 0 unspecified atom stereocenters. The zero-order valence-electron chi connectivity index (χ0n) is 14.4. The molecule has 1 amide bonds. The fourth-order valence-corrected chi connectivity index (χ4v) is 3.19. The van der Waals surface area contributed by atoms with Crippen molar-refractivity contribution in [1.29, 1.82) is 0 Å². The van der Waals surface area contributed by atoms with E-state index in [1.165, 1.54) is 17.4 Å². The van der Waals surface area contributed by atoms with Crippen LogP contribution in [-0.2, 0) is 4.79 Å². The number of aryl methyl sites for hydroxylation is 2. The van der Waals surface area contributed by atoms with Crippen molar-refractivity contribution in [2.45, 2.75) is 13.8 Å². The molecule has 0 aliphatic heterocycles. The van der Waals surface area contributed by atoms with Crippen LogP contribution in [0.5, 0.6) is 11.5 Å². The highest BCUT2D eigenvalue weighted by atomic mass is 32.1. The Morgan fingerprint density at radius 3 is 2.76 bits per heavy atom. The lowest BCUT2D eigenvalue weighted by Crippen LogP contribution is -2.09. The number of hydrogen-bond donors (Lipinski definition) is 1. The summed E-state index contributed by atoms with van der Waals surface area (Å²) in [6, 6.07) is 5.37. The zero-order valence-corrected chi connectivity index (χ0v) is 15.2. The van der Waals surface area contributed by atoms with Crippen LogP contribution < -0.4 is 14.8 Å². The van der Waals surface area contributed by atoms with Crippen LogP contribution in [0.25, 0.3) is 11.0 Å². The summed E-state index contributed by atoms with van der Waals surface area (Å²) in [6.45, 7) is 3.98. The zero-order chi connectivity index (χ0) is 18.0. The van der Waals surface area contributed by atoms with Crippen molar-refractivity contribution < 1.29 is 14.3 Å². The number of methoxy groups -OCH3 is 2. The number of aromatic nitrogens is 3. The summed E-state index contributed by atoms with van der Waals surface area (Å²) in [5.41, 5.74) is 1.76. The second-order valence-electron chi connectivity index (χ2n) is 5.30. The van der Waals surface area contributed by atoms with E-state index < -0.39 is 0 Å². The number of rotatable bonds is 5. The molecule has 25 heavy (non-hydrogen) atoms. The number of carbonyl (C=O) groups is 1. The molecule has 1 aromatic carbocycles. The van der Waals surface area contributed by atoms with Crippen LogP contribution in [0.1, 0.15) is 16.1 Å². The van der Waals surface area contributed by atoms with E-state index >= 15 is 0 Å². The Morgan fingerprint density at radius 1 is 1.28 bits per heavy atom. The Labute approximate surface area is 148 Å². The van der Waals surface area contributed by atoms with Crippen molar-refractivity contribution in [2.24, 2.45) is 0 Å². The predicted octanol–water partition coefficient (Wildman–Crippen LogP) is 3.08. The summed E-state index contributed by atoms with van der Waals surface area (Å²) in [4.78, 5) is 18.3. The largest absolute Gasteiger partial charge is 0.497 e. The van der Waals surface area contributed by atoms with E-state index in [-0.39, 0.29) is 11.9 Å². The smallest absolute Gasteiger partial charge is 0.250 e. The van der Waals surface area contributed by atoms with Crippen molar-refractivity contribution in [3.63, 3.8) is 0 Å². The van der Waals surface area contributed by atoms with Gasteiger partial charge in [0.1, 0.15) is 11.5 Å². The first-order chi connectivity index (χ1) is 12.0. The van der Waals surface area contributed by atoms with Gasteiger partial charge < -0.3 is 9.47 Å². The van der Waals surface area contributed by atoms with E-state index in [4.69, 9.17) is 9.47 Å². The lowest BCUT2D eigenvalue weighted by atomic mass is 10.1. The van der Waals surface area contributed by atoms with Gasteiger partial charge in [-0.15, -0.1) is 5.10 Å². The van der Waals surface area contributed by atoms with Crippen LogP contribution in [0.15, 0.2) is 24.3 Å². The summed E-state index contributed by atoms with van der Waals surface area (Å²) >= 11 is 1.54. The van der Waals surface area contributed by atoms with E-state index in [1.807, 2.05) is 13.8 Å². The second-order valence-corrected chi connectivity index (χ2v) is 6.49. The molecule has 7 nitrogen and oxygen atoms in total. The van der Waals surface area contributed by atoms with E-state index in [2.05, 4.69) is 15.4 Å². The van der Waals surface area contributed by atoms with Crippen molar-refractivity contribution in [1.82, 2.24) is 14.6 Å². The van der Waals surface area contributed by atoms with E-state index in [9.17, 15) is 4.79 Å². The number of amides is 1. The number of thiazole rings is 1. The molecule has 0 saturated heterocycles. The van der Waals surface area contributed by atoms with Gasteiger partial charge in [-0.25, -0.2) is 4.52 Å². The molecule has 0 aliphatic rings. The summed E-state index contributed by atoms with van der Waals surface area (Å²) < 4.78 is 12.2. The molecule has 0 bridgehead atoms. The molecule has 0 atom stereocenters. The minimum atomic E-state index is -0.322. The third-order valence-corrected chi connectivity index (χ3v) is 4.78. The minimum absolute atomic E-state index is 0.279. The van der Waals surface area contributed by atoms with Crippen molar-refractivity contribution in [3.05, 3.63) is 40.4 Å².